The molecule has 2 amide bonds. The largest absolute Gasteiger partial charge is 0.332 e. The Hall–Kier alpha value is -1.95. The van der Waals surface area contributed by atoms with E-state index >= 15 is 0 Å². The second-order valence-corrected chi connectivity index (χ2v) is 6.25. The van der Waals surface area contributed by atoms with E-state index in [1.54, 1.807) is 19.1 Å². The lowest BCUT2D eigenvalue weighted by Crippen LogP contribution is -2.34. The van der Waals surface area contributed by atoms with Gasteiger partial charge in [-0.15, -0.1) is 0 Å². The van der Waals surface area contributed by atoms with Gasteiger partial charge in [0.2, 0.25) is 11.8 Å². The van der Waals surface area contributed by atoms with Gasteiger partial charge in [0.05, 0.1) is 0 Å². The minimum atomic E-state index is -0.0467. The van der Waals surface area contributed by atoms with Gasteiger partial charge in [0, 0.05) is 24.2 Å². The highest BCUT2D eigenvalue weighted by atomic mass is 32.1. The molecule has 0 aromatic heterocycles. The molecule has 1 aromatic rings. The zero-order valence-corrected chi connectivity index (χ0v) is 14.2. The summed E-state index contributed by atoms with van der Waals surface area (Å²) in [6.07, 6.45) is 5.66. The first-order valence-electron chi connectivity index (χ1n) is 8.07. The van der Waals surface area contributed by atoms with Gasteiger partial charge in [-0.3, -0.25) is 9.59 Å². The van der Waals surface area contributed by atoms with E-state index in [1.165, 1.54) is 12.8 Å². The number of anilines is 2. The van der Waals surface area contributed by atoms with Gasteiger partial charge in [-0.05, 0) is 49.2 Å². The maximum atomic E-state index is 12.0. The first-order valence-corrected chi connectivity index (χ1v) is 8.48. The van der Waals surface area contributed by atoms with Crippen molar-refractivity contribution in [1.29, 1.82) is 0 Å². The lowest BCUT2D eigenvalue weighted by molar-refractivity contribution is -0.120. The van der Waals surface area contributed by atoms with Gasteiger partial charge < -0.3 is 16.0 Å². The average molecular weight is 333 g/mol. The Bertz CT molecular complexity index is 583. The molecule has 2 rings (SSSR count). The average Bonchev–Trinajstić information content (AvgIpc) is 2.99. The number of benzene rings is 1. The van der Waals surface area contributed by atoms with Crippen LogP contribution in [0.5, 0.6) is 0 Å². The summed E-state index contributed by atoms with van der Waals surface area (Å²) in [5, 5.41) is 8.77. The van der Waals surface area contributed by atoms with Crippen LogP contribution in [0.25, 0.3) is 0 Å². The fourth-order valence-electron chi connectivity index (χ4n) is 2.74. The Kier molecular flexibility index (Phi) is 6.52. The molecular formula is C17H23N3O2S. The molecule has 0 atom stereocenters. The number of hydrogen-bond acceptors (Lipinski definition) is 3. The van der Waals surface area contributed by atoms with Gasteiger partial charge in [0.25, 0.3) is 0 Å². The molecule has 23 heavy (non-hydrogen) atoms. The predicted octanol–water partition coefficient (Wildman–Crippen LogP) is 3.43. The quantitative estimate of drug-likeness (QED) is 0.722. The zero-order chi connectivity index (χ0) is 16.7. The van der Waals surface area contributed by atoms with Gasteiger partial charge in [-0.2, -0.15) is 0 Å². The van der Waals surface area contributed by atoms with Crippen LogP contribution in [-0.4, -0.2) is 16.9 Å². The molecule has 1 aromatic carbocycles. The first kappa shape index (κ1) is 17.4. The fourth-order valence-corrected chi connectivity index (χ4v) is 2.97. The number of nitrogens with one attached hydrogen (secondary N) is 3. The van der Waals surface area contributed by atoms with Crippen molar-refractivity contribution in [1.82, 2.24) is 5.32 Å². The van der Waals surface area contributed by atoms with E-state index in [-0.39, 0.29) is 16.9 Å². The van der Waals surface area contributed by atoms with E-state index in [4.69, 9.17) is 12.2 Å². The molecular weight excluding hydrogens is 310 g/mol. The van der Waals surface area contributed by atoms with Crippen molar-refractivity contribution in [2.24, 2.45) is 5.92 Å². The van der Waals surface area contributed by atoms with Crippen molar-refractivity contribution >= 4 is 40.5 Å². The van der Waals surface area contributed by atoms with Crippen molar-refractivity contribution < 1.29 is 9.59 Å². The molecule has 0 bridgehead atoms. The summed E-state index contributed by atoms with van der Waals surface area (Å²) in [5.74, 6) is 0.407. The van der Waals surface area contributed by atoms with Gasteiger partial charge in [0.15, 0.2) is 5.11 Å². The molecule has 1 fully saturated rings. The highest BCUT2D eigenvalue weighted by Crippen LogP contribution is 2.27. The number of hydrogen-bond donors (Lipinski definition) is 3. The molecule has 5 nitrogen and oxygen atoms in total. The Morgan fingerprint density at radius 2 is 1.78 bits per heavy atom. The van der Waals surface area contributed by atoms with Crippen LogP contribution in [0.3, 0.4) is 0 Å². The summed E-state index contributed by atoms with van der Waals surface area (Å²) in [6, 6.07) is 7.23. The third-order valence-corrected chi connectivity index (χ3v) is 4.13. The SMILES string of the molecule is CCC(=O)Nc1cccc(NC(=S)NC(=O)CC2CCCC2)c1. The molecule has 1 aliphatic carbocycles. The van der Waals surface area contributed by atoms with E-state index in [0.717, 1.165) is 18.5 Å². The van der Waals surface area contributed by atoms with Crippen LogP contribution in [0.4, 0.5) is 11.4 Å². The van der Waals surface area contributed by atoms with E-state index < -0.39 is 0 Å². The third-order valence-electron chi connectivity index (χ3n) is 3.93. The molecule has 0 heterocycles. The maximum Gasteiger partial charge on any atom is 0.226 e. The molecule has 3 N–H and O–H groups in total. The van der Waals surface area contributed by atoms with Crippen molar-refractivity contribution in [3.63, 3.8) is 0 Å². The third kappa shape index (κ3) is 5.98. The Labute approximate surface area is 142 Å². The van der Waals surface area contributed by atoms with Crippen LogP contribution in [0.1, 0.15) is 45.4 Å². The minimum absolute atomic E-state index is 0.0372. The molecule has 6 heteroatoms. The molecule has 0 spiro atoms. The summed E-state index contributed by atoms with van der Waals surface area (Å²) < 4.78 is 0. The van der Waals surface area contributed by atoms with E-state index in [9.17, 15) is 9.59 Å². The highest BCUT2D eigenvalue weighted by Gasteiger charge is 2.18. The molecule has 0 unspecified atom stereocenters. The summed E-state index contributed by atoms with van der Waals surface area (Å²) >= 11 is 5.18. The van der Waals surface area contributed by atoms with Crippen LogP contribution >= 0.6 is 12.2 Å². The number of carbonyl (C=O) groups excluding carboxylic acids is 2. The number of amides is 2. The first-order chi connectivity index (χ1) is 11.1. The molecule has 1 aliphatic rings. The normalized spacial score (nSPS) is 14.3. The van der Waals surface area contributed by atoms with Crippen LogP contribution in [0.15, 0.2) is 24.3 Å². The van der Waals surface area contributed by atoms with Gasteiger partial charge >= 0.3 is 0 Å². The van der Waals surface area contributed by atoms with Crippen LogP contribution < -0.4 is 16.0 Å². The second-order valence-electron chi connectivity index (χ2n) is 5.84. The van der Waals surface area contributed by atoms with E-state index in [0.29, 0.717) is 24.4 Å². The topological polar surface area (TPSA) is 70.2 Å². The summed E-state index contributed by atoms with van der Waals surface area (Å²) in [5.41, 5.74) is 1.42. The zero-order valence-electron chi connectivity index (χ0n) is 13.4. The van der Waals surface area contributed by atoms with Crippen molar-refractivity contribution in [3.8, 4) is 0 Å². The van der Waals surface area contributed by atoms with Crippen molar-refractivity contribution in [2.45, 2.75) is 45.4 Å². The predicted molar refractivity (Wildman–Crippen MR) is 96.3 cm³/mol. The van der Waals surface area contributed by atoms with Crippen LogP contribution in [0.2, 0.25) is 0 Å². The van der Waals surface area contributed by atoms with Gasteiger partial charge in [-0.1, -0.05) is 25.8 Å². The lowest BCUT2D eigenvalue weighted by Gasteiger charge is -2.13. The Morgan fingerprint density at radius 3 is 2.43 bits per heavy atom. The monoisotopic (exact) mass is 333 g/mol. The Morgan fingerprint density at radius 1 is 1.13 bits per heavy atom. The molecule has 124 valence electrons. The van der Waals surface area contributed by atoms with Gasteiger partial charge in [0.1, 0.15) is 0 Å². The summed E-state index contributed by atoms with van der Waals surface area (Å²) in [7, 11) is 0. The van der Waals surface area contributed by atoms with Crippen molar-refractivity contribution in [3.05, 3.63) is 24.3 Å². The number of carbonyl (C=O) groups is 2. The second kappa shape index (κ2) is 8.62. The fraction of sp³-hybridized carbons (Fsp3) is 0.471. The number of rotatable bonds is 5. The van der Waals surface area contributed by atoms with E-state index in [1.807, 2.05) is 12.1 Å². The summed E-state index contributed by atoms with van der Waals surface area (Å²) in [4.78, 5) is 23.4. The summed E-state index contributed by atoms with van der Waals surface area (Å²) in [6.45, 7) is 1.80. The smallest absolute Gasteiger partial charge is 0.226 e. The highest BCUT2D eigenvalue weighted by molar-refractivity contribution is 7.80. The van der Waals surface area contributed by atoms with Crippen LogP contribution in [-0.2, 0) is 9.59 Å². The lowest BCUT2D eigenvalue weighted by atomic mass is 10.0. The molecule has 1 saturated carbocycles. The van der Waals surface area contributed by atoms with E-state index in [2.05, 4.69) is 16.0 Å². The number of thiocarbonyl (C=S) groups is 1. The van der Waals surface area contributed by atoms with Crippen molar-refractivity contribution in [2.75, 3.05) is 10.6 Å². The molecule has 0 aliphatic heterocycles. The molecule has 0 saturated heterocycles. The standard InChI is InChI=1S/C17H23N3O2S/c1-2-15(21)18-13-8-5-9-14(11-13)19-17(23)20-16(22)10-12-6-3-4-7-12/h5,8-9,11-12H,2-4,6-7,10H2,1H3,(H,18,21)(H2,19,20,22,23). The Balaban J connectivity index is 1.83. The maximum absolute atomic E-state index is 12.0. The minimum Gasteiger partial charge on any atom is -0.332 e. The molecule has 0 radical (unpaired) electrons. The van der Waals surface area contributed by atoms with Gasteiger partial charge in [-0.25, -0.2) is 0 Å². The van der Waals surface area contributed by atoms with Crippen LogP contribution in [0, 0.1) is 5.92 Å².